The second-order valence-electron chi connectivity index (χ2n) is 5.89. The molecule has 0 spiro atoms. The number of nitrogens with zero attached hydrogens (tertiary/aromatic N) is 3. The molecular weight excluding hydrogens is 421 g/mol. The molecule has 0 fully saturated rings. The van der Waals surface area contributed by atoms with Crippen LogP contribution < -0.4 is 20.7 Å². The molecule has 0 aliphatic heterocycles. The summed E-state index contributed by atoms with van der Waals surface area (Å²) in [6.45, 7) is -0.207. The van der Waals surface area contributed by atoms with E-state index < -0.39 is 23.4 Å². The van der Waals surface area contributed by atoms with E-state index in [2.05, 4.69) is 14.7 Å². The first kappa shape index (κ1) is 20.7. The number of nitrogens with one attached hydrogen (secondary N) is 1. The van der Waals surface area contributed by atoms with Gasteiger partial charge in [-0.3, -0.25) is 13.9 Å². The van der Waals surface area contributed by atoms with Crippen LogP contribution in [0.1, 0.15) is 6.42 Å². The number of rotatable bonds is 6. The van der Waals surface area contributed by atoms with Crippen molar-refractivity contribution < 1.29 is 27.8 Å². The summed E-state index contributed by atoms with van der Waals surface area (Å²) in [6, 6.07) is 2.86. The number of hydrogen-bond acceptors (Lipinski definition) is 6. The Bertz CT molecular complexity index is 1170. The lowest BCUT2D eigenvalue weighted by atomic mass is 10.3. The van der Waals surface area contributed by atoms with E-state index in [4.69, 9.17) is 21.4 Å². The highest BCUT2D eigenvalue weighted by molar-refractivity contribution is 6.30. The second-order valence-corrected chi connectivity index (χ2v) is 6.33. The summed E-state index contributed by atoms with van der Waals surface area (Å²) in [5.41, 5.74) is -1.37. The molecule has 2 heterocycles. The van der Waals surface area contributed by atoms with E-state index in [0.29, 0.717) is 0 Å². The van der Waals surface area contributed by atoms with Crippen molar-refractivity contribution in [2.75, 3.05) is 6.61 Å². The van der Waals surface area contributed by atoms with E-state index in [9.17, 15) is 22.8 Å². The molecule has 0 amide bonds. The van der Waals surface area contributed by atoms with Crippen molar-refractivity contribution in [2.24, 2.45) is 7.05 Å². The first-order chi connectivity index (χ1) is 13.6. The number of aliphatic hydroxyl groups is 1. The maximum atomic E-state index is 12.5. The van der Waals surface area contributed by atoms with Gasteiger partial charge in [-0.2, -0.15) is 4.98 Å². The maximum Gasteiger partial charge on any atom is 0.573 e. The zero-order valence-corrected chi connectivity index (χ0v) is 15.5. The van der Waals surface area contributed by atoms with Crippen molar-refractivity contribution in [3.8, 4) is 17.5 Å². The molecule has 0 radical (unpaired) electrons. The molecule has 13 heteroatoms. The van der Waals surface area contributed by atoms with E-state index in [1.54, 1.807) is 0 Å². The van der Waals surface area contributed by atoms with Crippen molar-refractivity contribution in [1.82, 2.24) is 19.1 Å². The number of aromatic amines is 1. The number of H-pyrrole nitrogens is 1. The molecule has 0 bridgehead atoms. The molecule has 9 nitrogen and oxygen atoms in total. The fourth-order valence-corrected chi connectivity index (χ4v) is 2.82. The van der Waals surface area contributed by atoms with Crippen LogP contribution in [0.5, 0.6) is 17.5 Å². The normalized spacial score (nSPS) is 11.8. The average molecular weight is 435 g/mol. The van der Waals surface area contributed by atoms with Gasteiger partial charge in [0.15, 0.2) is 11.2 Å². The molecule has 3 rings (SSSR count). The van der Waals surface area contributed by atoms with Gasteiger partial charge in [-0.1, -0.05) is 11.6 Å². The molecule has 0 unspecified atom stereocenters. The van der Waals surface area contributed by atoms with Gasteiger partial charge in [0.05, 0.1) is 0 Å². The van der Waals surface area contributed by atoms with Crippen molar-refractivity contribution >= 4 is 22.8 Å². The fourth-order valence-electron chi connectivity index (χ4n) is 2.60. The van der Waals surface area contributed by atoms with Gasteiger partial charge >= 0.3 is 18.1 Å². The Morgan fingerprint density at radius 2 is 1.93 bits per heavy atom. The highest BCUT2D eigenvalue weighted by Crippen LogP contribution is 2.32. The quantitative estimate of drug-likeness (QED) is 0.615. The van der Waals surface area contributed by atoms with Crippen LogP contribution in [0.3, 0.4) is 0 Å². The number of benzene rings is 1. The highest BCUT2D eigenvalue weighted by atomic mass is 35.5. The lowest BCUT2D eigenvalue weighted by Crippen LogP contribution is -2.39. The van der Waals surface area contributed by atoms with Crippen LogP contribution in [0.2, 0.25) is 5.02 Å². The number of aromatic nitrogens is 4. The van der Waals surface area contributed by atoms with E-state index >= 15 is 0 Å². The predicted molar refractivity (Wildman–Crippen MR) is 95.5 cm³/mol. The number of halogens is 4. The lowest BCUT2D eigenvalue weighted by molar-refractivity contribution is -0.274. The topological polar surface area (TPSA) is 111 Å². The minimum absolute atomic E-state index is 0.000405. The minimum atomic E-state index is -4.92. The van der Waals surface area contributed by atoms with Gasteiger partial charge in [-0.15, -0.1) is 13.2 Å². The van der Waals surface area contributed by atoms with Crippen molar-refractivity contribution in [3.05, 3.63) is 44.1 Å². The number of imidazole rings is 1. The zero-order valence-electron chi connectivity index (χ0n) is 14.8. The number of aryl methyl sites for hydroxylation is 1. The van der Waals surface area contributed by atoms with E-state index in [0.717, 1.165) is 21.3 Å². The van der Waals surface area contributed by atoms with Gasteiger partial charge in [0, 0.05) is 31.3 Å². The van der Waals surface area contributed by atoms with Crippen molar-refractivity contribution in [2.45, 2.75) is 19.3 Å². The largest absolute Gasteiger partial charge is 0.573 e. The van der Waals surface area contributed by atoms with Crippen molar-refractivity contribution in [3.63, 3.8) is 0 Å². The number of alkyl halides is 3. The third kappa shape index (κ3) is 4.54. The average Bonchev–Trinajstić information content (AvgIpc) is 3.02. The Labute approximate surface area is 164 Å². The second kappa shape index (κ2) is 7.79. The highest BCUT2D eigenvalue weighted by Gasteiger charge is 2.31. The molecule has 1 aromatic carbocycles. The van der Waals surface area contributed by atoms with Gasteiger partial charge in [0.2, 0.25) is 0 Å². The Kier molecular flexibility index (Phi) is 5.57. The van der Waals surface area contributed by atoms with Crippen LogP contribution in [0.4, 0.5) is 13.2 Å². The fraction of sp³-hybridized carbons (Fsp3) is 0.312. The lowest BCUT2D eigenvalue weighted by Gasteiger charge is -2.10. The molecule has 0 saturated carbocycles. The molecule has 3 aromatic rings. The van der Waals surface area contributed by atoms with Crippen LogP contribution in [-0.4, -0.2) is 37.2 Å². The number of ether oxygens (including phenoxy) is 2. The summed E-state index contributed by atoms with van der Waals surface area (Å²) in [7, 11) is 1.39. The summed E-state index contributed by atoms with van der Waals surface area (Å²) >= 11 is 5.79. The molecule has 156 valence electrons. The molecule has 2 aromatic heterocycles. The monoisotopic (exact) mass is 434 g/mol. The molecule has 0 aliphatic rings. The number of fused-ring (bicyclic) bond motifs is 1. The molecule has 2 N–H and O–H groups in total. The third-order valence-corrected chi connectivity index (χ3v) is 4.01. The third-order valence-electron chi connectivity index (χ3n) is 3.79. The number of hydrogen-bond donors (Lipinski definition) is 2. The van der Waals surface area contributed by atoms with Gasteiger partial charge in [0.1, 0.15) is 11.5 Å². The SMILES string of the molecule is Cn1c(=O)n(CCCO)c(=O)c2[nH]c(Oc3cc(Cl)cc(OC(F)(F)F)c3)nc21. The Balaban J connectivity index is 2.00. The summed E-state index contributed by atoms with van der Waals surface area (Å²) in [4.78, 5) is 31.4. The van der Waals surface area contributed by atoms with Crippen LogP contribution in [0.15, 0.2) is 27.8 Å². The van der Waals surface area contributed by atoms with E-state index in [-0.39, 0.29) is 47.5 Å². The van der Waals surface area contributed by atoms with Gasteiger partial charge in [-0.25, -0.2) is 4.79 Å². The van der Waals surface area contributed by atoms with Gasteiger partial charge < -0.3 is 19.6 Å². The summed E-state index contributed by atoms with van der Waals surface area (Å²) < 4.78 is 48.5. The summed E-state index contributed by atoms with van der Waals surface area (Å²) in [5, 5.41) is 8.83. The predicted octanol–water partition coefficient (Wildman–Crippen LogP) is 2.15. The van der Waals surface area contributed by atoms with Gasteiger partial charge in [-0.05, 0) is 18.6 Å². The Morgan fingerprint density at radius 3 is 2.59 bits per heavy atom. The van der Waals surface area contributed by atoms with Crippen LogP contribution in [0.25, 0.3) is 11.2 Å². The molecule has 0 atom stereocenters. The van der Waals surface area contributed by atoms with Crippen LogP contribution >= 0.6 is 11.6 Å². The Morgan fingerprint density at radius 1 is 1.24 bits per heavy atom. The van der Waals surface area contributed by atoms with E-state index in [1.165, 1.54) is 13.1 Å². The minimum Gasteiger partial charge on any atom is -0.425 e. The Hall–Kier alpha value is -2.99. The summed E-state index contributed by atoms with van der Waals surface area (Å²) in [5.74, 6) is -0.740. The summed E-state index contributed by atoms with van der Waals surface area (Å²) in [6.07, 6.45) is -4.72. The van der Waals surface area contributed by atoms with E-state index in [1.807, 2.05) is 0 Å². The molecule has 0 aliphatic carbocycles. The van der Waals surface area contributed by atoms with Crippen LogP contribution in [-0.2, 0) is 13.6 Å². The number of aliphatic hydroxyl groups excluding tert-OH is 1. The maximum absolute atomic E-state index is 12.5. The van der Waals surface area contributed by atoms with Gasteiger partial charge in [0.25, 0.3) is 5.56 Å². The van der Waals surface area contributed by atoms with Crippen molar-refractivity contribution in [1.29, 1.82) is 0 Å². The first-order valence-electron chi connectivity index (χ1n) is 8.13. The standard InChI is InChI=1S/C16H14ClF3N4O5/c1-23-12-11(13(26)24(15(23)27)3-2-4-25)21-14(22-12)28-9-5-8(17)6-10(7-9)29-16(18,19)20/h5-7,25H,2-4H2,1H3,(H,21,22). The van der Waals surface area contributed by atoms with Crippen LogP contribution in [0, 0.1) is 0 Å². The molecule has 29 heavy (non-hydrogen) atoms. The zero-order chi connectivity index (χ0) is 21.3. The molecule has 0 saturated heterocycles. The first-order valence-corrected chi connectivity index (χ1v) is 8.51. The molecular formula is C16H14ClF3N4O5. The smallest absolute Gasteiger partial charge is 0.425 e.